The van der Waals surface area contributed by atoms with Gasteiger partial charge in [-0.25, -0.2) is 0 Å². The Hall–Kier alpha value is -4.00. The lowest BCUT2D eigenvalue weighted by Crippen LogP contribution is -2.29. The maximum Gasteiger partial charge on any atom is 0.296 e. The highest BCUT2D eigenvalue weighted by Gasteiger charge is 2.46. The van der Waals surface area contributed by atoms with Gasteiger partial charge in [0.15, 0.2) is 0 Å². The molecule has 1 atom stereocenters. The number of aryl methyl sites for hydroxylation is 1. The Bertz CT molecular complexity index is 1180. The minimum atomic E-state index is -0.890. The standard InChI is InChI=1S/C24H21NO6/c1-14-11-17(30-2)8-9-19(14)22(27)20-21(15-5-3-6-16(26)12-15)25(24(29)23(20)28)13-18-7-4-10-31-18/h3-12,21,26-27H,13H2,1-2H3/b22-20-. The van der Waals surface area contributed by atoms with Crippen molar-refractivity contribution in [1.82, 2.24) is 4.90 Å². The number of nitrogens with zero attached hydrogens (tertiary/aromatic N) is 1. The van der Waals surface area contributed by atoms with Crippen molar-refractivity contribution in [3.05, 3.63) is 88.9 Å². The first kappa shape index (κ1) is 20.3. The first-order chi connectivity index (χ1) is 14.9. The number of ketones is 1. The zero-order valence-electron chi connectivity index (χ0n) is 17.0. The normalized spacial score (nSPS) is 17.9. The molecule has 0 radical (unpaired) electrons. The average molecular weight is 419 g/mol. The molecule has 7 heteroatoms. The predicted molar refractivity (Wildman–Crippen MR) is 112 cm³/mol. The van der Waals surface area contributed by atoms with Crippen LogP contribution in [0.25, 0.3) is 5.76 Å². The summed E-state index contributed by atoms with van der Waals surface area (Å²) in [6.45, 7) is 1.82. The molecular weight excluding hydrogens is 398 g/mol. The molecule has 0 saturated carbocycles. The molecule has 1 unspecified atom stereocenters. The molecule has 1 aliphatic rings. The van der Waals surface area contributed by atoms with E-state index in [1.165, 1.54) is 30.4 Å². The number of furan rings is 1. The summed E-state index contributed by atoms with van der Waals surface area (Å²) in [5.41, 5.74) is 1.56. The molecule has 2 heterocycles. The van der Waals surface area contributed by atoms with Crippen LogP contribution in [-0.4, -0.2) is 33.9 Å². The molecule has 0 aliphatic carbocycles. The number of hydrogen-bond acceptors (Lipinski definition) is 6. The van der Waals surface area contributed by atoms with E-state index in [-0.39, 0.29) is 23.6 Å². The number of aliphatic hydroxyl groups is 1. The minimum Gasteiger partial charge on any atom is -0.508 e. The topological polar surface area (TPSA) is 100 Å². The lowest BCUT2D eigenvalue weighted by molar-refractivity contribution is -0.140. The van der Waals surface area contributed by atoms with Gasteiger partial charge in [0, 0.05) is 5.56 Å². The Morgan fingerprint density at radius 1 is 1.13 bits per heavy atom. The molecule has 4 rings (SSSR count). The van der Waals surface area contributed by atoms with Gasteiger partial charge in [-0.3, -0.25) is 9.59 Å². The second kappa shape index (κ2) is 8.02. The fourth-order valence-corrected chi connectivity index (χ4v) is 3.83. The van der Waals surface area contributed by atoms with E-state index in [4.69, 9.17) is 9.15 Å². The zero-order chi connectivity index (χ0) is 22.1. The number of carbonyl (C=O) groups is 2. The van der Waals surface area contributed by atoms with Gasteiger partial charge in [-0.05, 0) is 60.5 Å². The number of likely N-dealkylation sites (tertiary alicyclic amines) is 1. The summed E-state index contributed by atoms with van der Waals surface area (Å²) >= 11 is 0. The number of aliphatic hydroxyl groups excluding tert-OH is 1. The van der Waals surface area contributed by atoms with Crippen LogP contribution >= 0.6 is 0 Å². The number of methoxy groups -OCH3 is 1. The van der Waals surface area contributed by atoms with Crippen molar-refractivity contribution < 1.29 is 29.0 Å². The molecule has 158 valence electrons. The van der Waals surface area contributed by atoms with E-state index >= 15 is 0 Å². The summed E-state index contributed by atoms with van der Waals surface area (Å²) in [5.74, 6) is -0.745. The Morgan fingerprint density at radius 3 is 2.58 bits per heavy atom. The van der Waals surface area contributed by atoms with E-state index in [0.717, 1.165) is 0 Å². The van der Waals surface area contributed by atoms with Gasteiger partial charge in [-0.2, -0.15) is 0 Å². The Labute approximate surface area is 178 Å². The Morgan fingerprint density at radius 2 is 1.94 bits per heavy atom. The number of phenols is 1. The lowest BCUT2D eigenvalue weighted by Gasteiger charge is -2.24. The van der Waals surface area contributed by atoms with Crippen molar-refractivity contribution in [1.29, 1.82) is 0 Å². The van der Waals surface area contributed by atoms with E-state index < -0.39 is 17.7 Å². The lowest BCUT2D eigenvalue weighted by atomic mass is 9.93. The highest BCUT2D eigenvalue weighted by atomic mass is 16.5. The summed E-state index contributed by atoms with van der Waals surface area (Å²) in [5, 5.41) is 21.1. The molecule has 1 fully saturated rings. The smallest absolute Gasteiger partial charge is 0.296 e. The summed E-state index contributed by atoms with van der Waals surface area (Å²) in [6, 6.07) is 13.8. The third kappa shape index (κ3) is 3.66. The quantitative estimate of drug-likeness (QED) is 0.369. The van der Waals surface area contributed by atoms with E-state index in [0.29, 0.717) is 28.2 Å². The largest absolute Gasteiger partial charge is 0.508 e. The van der Waals surface area contributed by atoms with Crippen LogP contribution in [0.15, 0.2) is 70.9 Å². The van der Waals surface area contributed by atoms with E-state index in [1.54, 1.807) is 49.4 Å². The maximum absolute atomic E-state index is 13.0. The maximum atomic E-state index is 13.0. The third-order valence-corrected chi connectivity index (χ3v) is 5.32. The number of amides is 1. The second-order valence-electron chi connectivity index (χ2n) is 7.28. The molecule has 2 aromatic carbocycles. The number of ether oxygens (including phenoxy) is 1. The SMILES string of the molecule is COc1ccc(/C(O)=C2/C(=O)C(=O)N(Cc3ccco3)C2c2cccc(O)c2)c(C)c1. The number of benzene rings is 2. The Balaban J connectivity index is 1.89. The molecule has 0 spiro atoms. The van der Waals surface area contributed by atoms with E-state index in [9.17, 15) is 19.8 Å². The minimum absolute atomic E-state index is 0.0123. The van der Waals surface area contributed by atoms with Crippen LogP contribution in [0, 0.1) is 6.92 Å². The second-order valence-corrected chi connectivity index (χ2v) is 7.28. The number of carbonyl (C=O) groups excluding carboxylic acids is 2. The summed E-state index contributed by atoms with van der Waals surface area (Å²) < 4.78 is 10.6. The summed E-state index contributed by atoms with van der Waals surface area (Å²) in [7, 11) is 1.54. The van der Waals surface area contributed by atoms with Crippen LogP contribution in [0.4, 0.5) is 0 Å². The molecule has 1 amide bonds. The highest BCUT2D eigenvalue weighted by Crippen LogP contribution is 2.41. The fraction of sp³-hybridized carbons (Fsp3) is 0.167. The first-order valence-corrected chi connectivity index (χ1v) is 9.65. The van der Waals surface area contributed by atoms with Crippen LogP contribution < -0.4 is 4.74 Å². The van der Waals surface area contributed by atoms with Gasteiger partial charge in [0.1, 0.15) is 23.0 Å². The van der Waals surface area contributed by atoms with Crippen LogP contribution in [-0.2, 0) is 16.1 Å². The fourth-order valence-electron chi connectivity index (χ4n) is 3.83. The molecule has 2 N–H and O–H groups in total. The zero-order valence-corrected chi connectivity index (χ0v) is 17.0. The summed E-state index contributed by atoms with van der Waals surface area (Å²) in [4.78, 5) is 27.3. The van der Waals surface area contributed by atoms with Gasteiger partial charge in [0.25, 0.3) is 11.7 Å². The molecule has 1 saturated heterocycles. The number of Topliss-reactive ketones (excluding diaryl/α,β-unsaturated/α-hetero) is 1. The van der Waals surface area contributed by atoms with Gasteiger partial charge in [0.2, 0.25) is 0 Å². The molecule has 3 aromatic rings. The van der Waals surface area contributed by atoms with Crippen LogP contribution in [0.3, 0.4) is 0 Å². The monoisotopic (exact) mass is 419 g/mol. The van der Waals surface area contributed by atoms with Crippen molar-refractivity contribution in [2.24, 2.45) is 0 Å². The van der Waals surface area contributed by atoms with Crippen LogP contribution in [0.2, 0.25) is 0 Å². The Kier molecular flexibility index (Phi) is 5.25. The van der Waals surface area contributed by atoms with Crippen molar-refractivity contribution in [2.75, 3.05) is 7.11 Å². The van der Waals surface area contributed by atoms with Gasteiger partial charge >= 0.3 is 0 Å². The van der Waals surface area contributed by atoms with Crippen molar-refractivity contribution >= 4 is 17.4 Å². The summed E-state index contributed by atoms with van der Waals surface area (Å²) in [6.07, 6.45) is 1.48. The first-order valence-electron chi connectivity index (χ1n) is 9.65. The molecule has 7 nitrogen and oxygen atoms in total. The molecule has 1 aromatic heterocycles. The molecule has 1 aliphatic heterocycles. The van der Waals surface area contributed by atoms with Crippen molar-refractivity contribution in [3.8, 4) is 11.5 Å². The number of hydrogen-bond donors (Lipinski definition) is 2. The number of aromatic hydroxyl groups is 1. The van der Waals surface area contributed by atoms with Crippen LogP contribution in [0.5, 0.6) is 11.5 Å². The molecule has 31 heavy (non-hydrogen) atoms. The highest BCUT2D eigenvalue weighted by molar-refractivity contribution is 6.46. The third-order valence-electron chi connectivity index (χ3n) is 5.32. The number of rotatable bonds is 5. The van der Waals surface area contributed by atoms with E-state index in [1.807, 2.05) is 0 Å². The predicted octanol–water partition coefficient (Wildman–Crippen LogP) is 3.92. The van der Waals surface area contributed by atoms with Crippen molar-refractivity contribution in [2.45, 2.75) is 19.5 Å². The molecule has 0 bridgehead atoms. The van der Waals surface area contributed by atoms with Gasteiger partial charge < -0.3 is 24.3 Å². The van der Waals surface area contributed by atoms with Gasteiger partial charge in [0.05, 0.1) is 31.5 Å². The van der Waals surface area contributed by atoms with Gasteiger partial charge in [-0.15, -0.1) is 0 Å². The van der Waals surface area contributed by atoms with Gasteiger partial charge in [-0.1, -0.05) is 12.1 Å². The average Bonchev–Trinajstić information content (AvgIpc) is 3.35. The van der Waals surface area contributed by atoms with Crippen molar-refractivity contribution in [3.63, 3.8) is 0 Å². The number of phenolic OH excluding ortho intramolecular Hbond substituents is 1. The van der Waals surface area contributed by atoms with Crippen LogP contribution in [0.1, 0.15) is 28.5 Å². The molecular formula is C24H21NO6. The van der Waals surface area contributed by atoms with E-state index in [2.05, 4.69) is 0 Å².